The zero-order valence-electron chi connectivity index (χ0n) is 25.4. The number of carbonyl (C=O) groups excluding carboxylic acids is 2. The van der Waals surface area contributed by atoms with Gasteiger partial charge >= 0.3 is 11.9 Å². The molecule has 0 spiro atoms. The molecule has 5 nitrogen and oxygen atoms in total. The van der Waals surface area contributed by atoms with E-state index in [1.54, 1.807) is 48.5 Å². The summed E-state index contributed by atoms with van der Waals surface area (Å²) in [6.45, 7) is 3.16. The van der Waals surface area contributed by atoms with E-state index in [1.165, 1.54) is 83.5 Å². The van der Waals surface area contributed by atoms with Gasteiger partial charge in [-0.1, -0.05) is 121 Å². The molecule has 0 aromatic heterocycles. The molecule has 0 radical (unpaired) electrons. The van der Waals surface area contributed by atoms with E-state index in [4.69, 9.17) is 14.2 Å². The second-order valence-corrected chi connectivity index (χ2v) is 10.9. The van der Waals surface area contributed by atoms with E-state index in [1.807, 2.05) is 30.3 Å². The molecule has 0 unspecified atom stereocenters. The fraction of sp³-hybridized carbons (Fsp3) is 0.459. The van der Waals surface area contributed by atoms with Crippen LogP contribution in [0.25, 0.3) is 0 Å². The van der Waals surface area contributed by atoms with Crippen LogP contribution in [0.3, 0.4) is 0 Å². The van der Waals surface area contributed by atoms with E-state index >= 15 is 0 Å². The van der Waals surface area contributed by atoms with Crippen LogP contribution in [0.4, 0.5) is 0 Å². The van der Waals surface area contributed by atoms with Crippen molar-refractivity contribution < 1.29 is 23.8 Å². The number of esters is 2. The van der Waals surface area contributed by atoms with E-state index in [2.05, 4.69) is 6.92 Å². The molecule has 5 heteroatoms. The van der Waals surface area contributed by atoms with Gasteiger partial charge in [-0.2, -0.15) is 0 Å². The smallest absolute Gasteiger partial charge is 0.343 e. The Balaban J connectivity index is 1.23. The normalized spacial score (nSPS) is 10.8. The quantitative estimate of drug-likeness (QED) is 0.0722. The molecule has 0 N–H and O–H groups in total. The van der Waals surface area contributed by atoms with Gasteiger partial charge in [0, 0.05) is 0 Å². The summed E-state index contributed by atoms with van der Waals surface area (Å²) < 4.78 is 16.7. The number of hydrogen-bond acceptors (Lipinski definition) is 5. The largest absolute Gasteiger partial charge is 0.494 e. The fourth-order valence-corrected chi connectivity index (χ4v) is 4.81. The van der Waals surface area contributed by atoms with E-state index in [0.717, 1.165) is 17.7 Å². The van der Waals surface area contributed by atoms with Crippen molar-refractivity contribution in [2.24, 2.45) is 0 Å². The van der Waals surface area contributed by atoms with Gasteiger partial charge in [-0.15, -0.1) is 0 Å². The van der Waals surface area contributed by atoms with Crippen LogP contribution in [0.1, 0.15) is 123 Å². The summed E-state index contributed by atoms with van der Waals surface area (Å²) in [6, 6.07) is 22.9. The molecule has 0 aliphatic rings. The predicted octanol–water partition coefficient (Wildman–Crippen LogP) is 10.1. The highest BCUT2D eigenvalue weighted by molar-refractivity contribution is 5.92. The fourth-order valence-electron chi connectivity index (χ4n) is 4.81. The van der Waals surface area contributed by atoms with Crippen molar-refractivity contribution >= 4 is 11.9 Å². The van der Waals surface area contributed by atoms with Crippen molar-refractivity contribution in [2.45, 2.75) is 103 Å². The second-order valence-electron chi connectivity index (χ2n) is 10.9. The molecule has 0 bridgehead atoms. The average Bonchev–Trinajstić information content (AvgIpc) is 3.03. The highest BCUT2D eigenvalue weighted by Crippen LogP contribution is 2.18. The van der Waals surface area contributed by atoms with Crippen molar-refractivity contribution in [2.75, 3.05) is 6.61 Å². The molecule has 3 aromatic rings. The topological polar surface area (TPSA) is 61.8 Å². The molecule has 0 fully saturated rings. The first kappa shape index (κ1) is 32.9. The van der Waals surface area contributed by atoms with Gasteiger partial charge in [0.15, 0.2) is 0 Å². The monoisotopic (exact) mass is 572 g/mol. The summed E-state index contributed by atoms with van der Waals surface area (Å²) in [5.74, 6) is 0.215. The standard InChI is InChI=1S/C37H48O5/c1-2-3-4-5-6-7-8-9-10-11-12-13-14-18-29-40-34-25-21-33(22-26-34)37(39)42-35-27-23-32(24-28-35)36(38)41-30-31-19-16-15-17-20-31/h15-17,19-28H,2-14,18,29-30H2,1H3. The van der Waals surface area contributed by atoms with Crippen LogP contribution in [0, 0.1) is 0 Å². The Morgan fingerprint density at radius 2 is 1.00 bits per heavy atom. The third-order valence-electron chi connectivity index (χ3n) is 7.37. The van der Waals surface area contributed by atoms with Gasteiger partial charge in [-0.3, -0.25) is 0 Å². The van der Waals surface area contributed by atoms with Crippen molar-refractivity contribution in [1.82, 2.24) is 0 Å². The molecule has 0 aliphatic heterocycles. The predicted molar refractivity (Wildman–Crippen MR) is 169 cm³/mol. The Labute approximate surface area is 252 Å². The van der Waals surface area contributed by atoms with Crippen LogP contribution in [0.15, 0.2) is 78.9 Å². The minimum atomic E-state index is -0.465. The van der Waals surface area contributed by atoms with Crippen LogP contribution in [0.2, 0.25) is 0 Å². The molecule has 3 aromatic carbocycles. The van der Waals surface area contributed by atoms with E-state index in [0.29, 0.717) is 23.5 Å². The molecule has 0 atom stereocenters. The number of benzene rings is 3. The molecular formula is C37H48O5. The third kappa shape index (κ3) is 13.4. The maximum Gasteiger partial charge on any atom is 0.343 e. The van der Waals surface area contributed by atoms with E-state index in [9.17, 15) is 9.59 Å². The highest BCUT2D eigenvalue weighted by atomic mass is 16.5. The van der Waals surface area contributed by atoms with E-state index in [-0.39, 0.29) is 6.61 Å². The molecular weight excluding hydrogens is 524 g/mol. The summed E-state index contributed by atoms with van der Waals surface area (Å²) >= 11 is 0. The van der Waals surface area contributed by atoms with Gasteiger partial charge in [0.05, 0.1) is 17.7 Å². The Morgan fingerprint density at radius 3 is 1.55 bits per heavy atom. The summed E-state index contributed by atoms with van der Waals surface area (Å²) in [4.78, 5) is 24.8. The first-order valence-corrected chi connectivity index (χ1v) is 15.9. The zero-order valence-corrected chi connectivity index (χ0v) is 25.4. The van der Waals surface area contributed by atoms with Crippen LogP contribution in [-0.2, 0) is 11.3 Å². The van der Waals surface area contributed by atoms with Crippen LogP contribution < -0.4 is 9.47 Å². The summed E-state index contributed by atoms with van der Waals surface area (Å²) in [6.07, 6.45) is 18.7. The Hall–Kier alpha value is -3.60. The Morgan fingerprint density at radius 1 is 0.524 bits per heavy atom. The number of hydrogen-bond donors (Lipinski definition) is 0. The number of unbranched alkanes of at least 4 members (excludes halogenated alkanes) is 13. The van der Waals surface area contributed by atoms with Crippen molar-refractivity contribution in [1.29, 1.82) is 0 Å². The summed E-state index contributed by atoms with van der Waals surface area (Å²) in [7, 11) is 0. The lowest BCUT2D eigenvalue weighted by Crippen LogP contribution is -2.09. The number of rotatable bonds is 21. The van der Waals surface area contributed by atoms with Crippen LogP contribution >= 0.6 is 0 Å². The van der Waals surface area contributed by atoms with Crippen molar-refractivity contribution in [3.63, 3.8) is 0 Å². The first-order chi connectivity index (χ1) is 20.7. The second kappa shape index (κ2) is 20.3. The summed E-state index contributed by atoms with van der Waals surface area (Å²) in [5, 5.41) is 0. The minimum absolute atomic E-state index is 0.204. The molecule has 0 saturated carbocycles. The van der Waals surface area contributed by atoms with Gasteiger partial charge in [0.2, 0.25) is 0 Å². The maximum atomic E-state index is 12.6. The van der Waals surface area contributed by atoms with Crippen LogP contribution in [0.5, 0.6) is 11.5 Å². The maximum absolute atomic E-state index is 12.6. The molecule has 226 valence electrons. The Bertz CT molecular complexity index is 1140. The zero-order chi connectivity index (χ0) is 29.7. The van der Waals surface area contributed by atoms with Gasteiger partial charge in [-0.25, -0.2) is 9.59 Å². The van der Waals surface area contributed by atoms with Crippen molar-refractivity contribution in [3.05, 3.63) is 95.6 Å². The molecule has 3 rings (SSSR count). The summed E-state index contributed by atoms with van der Waals surface area (Å²) in [5.41, 5.74) is 1.75. The van der Waals surface area contributed by atoms with Gasteiger partial charge in [0.25, 0.3) is 0 Å². The first-order valence-electron chi connectivity index (χ1n) is 15.9. The highest BCUT2D eigenvalue weighted by Gasteiger charge is 2.11. The van der Waals surface area contributed by atoms with Crippen LogP contribution in [-0.4, -0.2) is 18.5 Å². The lowest BCUT2D eigenvalue weighted by atomic mass is 10.0. The number of carbonyl (C=O) groups is 2. The van der Waals surface area contributed by atoms with Gasteiger partial charge in [0.1, 0.15) is 18.1 Å². The molecule has 0 amide bonds. The minimum Gasteiger partial charge on any atom is -0.494 e. The lowest BCUT2D eigenvalue weighted by Gasteiger charge is -2.08. The van der Waals surface area contributed by atoms with Gasteiger partial charge < -0.3 is 14.2 Å². The SMILES string of the molecule is CCCCCCCCCCCCCCCCOc1ccc(C(=O)Oc2ccc(C(=O)OCc3ccccc3)cc2)cc1. The lowest BCUT2D eigenvalue weighted by molar-refractivity contribution is 0.0472. The van der Waals surface area contributed by atoms with Gasteiger partial charge in [-0.05, 0) is 60.5 Å². The average molecular weight is 573 g/mol. The Kier molecular flexibility index (Phi) is 15.9. The third-order valence-corrected chi connectivity index (χ3v) is 7.37. The number of ether oxygens (including phenoxy) is 3. The molecule has 42 heavy (non-hydrogen) atoms. The molecule has 0 saturated heterocycles. The van der Waals surface area contributed by atoms with E-state index < -0.39 is 11.9 Å². The molecule has 0 aliphatic carbocycles. The molecule has 0 heterocycles. The van der Waals surface area contributed by atoms with Crippen molar-refractivity contribution in [3.8, 4) is 11.5 Å².